The number of carbonyl (C=O) groups excluding carboxylic acids is 1. The molecule has 0 saturated carbocycles. The third-order valence-electron chi connectivity index (χ3n) is 4.43. The summed E-state index contributed by atoms with van der Waals surface area (Å²) in [4.78, 5) is 17.9. The lowest BCUT2D eigenvalue weighted by Gasteiger charge is -2.10. The number of anilines is 1. The summed E-state index contributed by atoms with van der Waals surface area (Å²) in [5, 5.41) is 4.83. The Balaban J connectivity index is 1.48. The minimum atomic E-state index is -0.316. The molecule has 4 aromatic rings. The van der Waals surface area contributed by atoms with E-state index in [1.807, 2.05) is 42.0 Å². The Kier molecular flexibility index (Phi) is 5.31. The number of aryl methyl sites for hydroxylation is 2. The van der Waals surface area contributed by atoms with Gasteiger partial charge in [0.2, 0.25) is 5.91 Å². The van der Waals surface area contributed by atoms with Crippen molar-refractivity contribution in [1.82, 2.24) is 9.38 Å². The maximum Gasteiger partial charge on any atom is 0.228 e. The van der Waals surface area contributed by atoms with E-state index in [4.69, 9.17) is 4.74 Å². The van der Waals surface area contributed by atoms with Crippen LogP contribution in [0.1, 0.15) is 17.5 Å². The number of nitrogens with zero attached hydrogens (tertiary/aromatic N) is 2. The molecule has 0 bridgehead atoms. The lowest BCUT2D eigenvalue weighted by Crippen LogP contribution is -2.16. The van der Waals surface area contributed by atoms with Gasteiger partial charge in [0.15, 0.2) is 4.96 Å². The summed E-state index contributed by atoms with van der Waals surface area (Å²) in [6.07, 6.45) is 2.05. The second-order valence-electron chi connectivity index (χ2n) is 6.84. The van der Waals surface area contributed by atoms with Crippen molar-refractivity contribution in [3.05, 3.63) is 71.0 Å². The molecule has 0 fully saturated rings. The van der Waals surface area contributed by atoms with Crippen LogP contribution in [0.15, 0.2) is 54.0 Å². The first-order valence-electron chi connectivity index (χ1n) is 9.22. The molecule has 0 saturated heterocycles. The minimum Gasteiger partial charge on any atom is -0.493 e. The molecular weight excluding hydrogens is 389 g/mol. The lowest BCUT2D eigenvalue weighted by atomic mass is 10.1. The van der Waals surface area contributed by atoms with Crippen molar-refractivity contribution in [2.45, 2.75) is 20.3 Å². The fourth-order valence-electron chi connectivity index (χ4n) is 3.19. The SMILES string of the molecule is Cc1cc(C)cc(OCCC(=O)Nc2c(-c3ccc(F)cc3)nc3sccn23)c1. The minimum absolute atomic E-state index is 0.175. The highest BCUT2D eigenvalue weighted by molar-refractivity contribution is 7.15. The Hall–Kier alpha value is -3.19. The average Bonchev–Trinajstić information content (AvgIpc) is 3.24. The molecule has 5 nitrogen and oxygen atoms in total. The zero-order chi connectivity index (χ0) is 20.4. The van der Waals surface area contributed by atoms with Crippen molar-refractivity contribution in [3.8, 4) is 17.0 Å². The van der Waals surface area contributed by atoms with E-state index in [-0.39, 0.29) is 24.8 Å². The fourth-order valence-corrected chi connectivity index (χ4v) is 3.90. The van der Waals surface area contributed by atoms with Crippen LogP contribution in [-0.4, -0.2) is 21.9 Å². The third-order valence-corrected chi connectivity index (χ3v) is 5.19. The second-order valence-corrected chi connectivity index (χ2v) is 7.71. The van der Waals surface area contributed by atoms with Crippen LogP contribution in [0.25, 0.3) is 16.2 Å². The maximum atomic E-state index is 13.3. The largest absolute Gasteiger partial charge is 0.493 e. The smallest absolute Gasteiger partial charge is 0.228 e. The Morgan fingerprint density at radius 1 is 1.17 bits per heavy atom. The molecule has 2 aromatic carbocycles. The maximum absolute atomic E-state index is 13.3. The molecule has 0 radical (unpaired) electrons. The number of thiazole rings is 1. The van der Waals surface area contributed by atoms with Gasteiger partial charge in [0, 0.05) is 17.1 Å². The summed E-state index contributed by atoms with van der Waals surface area (Å²) < 4.78 is 20.8. The van der Waals surface area contributed by atoms with Crippen molar-refractivity contribution in [1.29, 1.82) is 0 Å². The van der Waals surface area contributed by atoms with Crippen molar-refractivity contribution < 1.29 is 13.9 Å². The van der Waals surface area contributed by atoms with Gasteiger partial charge in [-0.05, 0) is 61.4 Å². The van der Waals surface area contributed by atoms with Crippen LogP contribution in [-0.2, 0) is 4.79 Å². The van der Waals surface area contributed by atoms with E-state index in [9.17, 15) is 9.18 Å². The first-order valence-corrected chi connectivity index (χ1v) is 10.1. The summed E-state index contributed by atoms with van der Waals surface area (Å²) in [6.45, 7) is 4.29. The van der Waals surface area contributed by atoms with Crippen molar-refractivity contribution >= 4 is 28.0 Å². The van der Waals surface area contributed by atoms with E-state index in [1.54, 1.807) is 12.1 Å². The molecule has 1 N–H and O–H groups in total. The molecule has 2 aromatic heterocycles. The van der Waals surface area contributed by atoms with Crippen LogP contribution in [0.4, 0.5) is 10.2 Å². The van der Waals surface area contributed by atoms with Gasteiger partial charge in [0.1, 0.15) is 23.1 Å². The number of halogens is 1. The predicted octanol–water partition coefficient (Wildman–Crippen LogP) is 5.23. The highest BCUT2D eigenvalue weighted by Gasteiger charge is 2.17. The molecule has 7 heteroatoms. The van der Waals surface area contributed by atoms with Crippen LogP contribution < -0.4 is 10.1 Å². The number of fused-ring (bicyclic) bond motifs is 1. The molecule has 0 unspecified atom stereocenters. The van der Waals surface area contributed by atoms with Gasteiger partial charge < -0.3 is 10.1 Å². The molecule has 1 amide bonds. The van der Waals surface area contributed by atoms with Crippen molar-refractivity contribution in [2.24, 2.45) is 0 Å². The molecular formula is C22H20FN3O2S. The summed E-state index contributed by atoms with van der Waals surface area (Å²) >= 11 is 1.47. The fraction of sp³-hybridized carbons (Fsp3) is 0.182. The van der Waals surface area contributed by atoms with Crippen molar-refractivity contribution in [3.63, 3.8) is 0 Å². The normalized spacial score (nSPS) is 11.0. The van der Waals surface area contributed by atoms with Crippen LogP contribution >= 0.6 is 11.3 Å². The Morgan fingerprint density at radius 3 is 2.62 bits per heavy atom. The number of carbonyl (C=O) groups is 1. The number of amides is 1. The highest BCUT2D eigenvalue weighted by atomic mass is 32.1. The second kappa shape index (κ2) is 8.05. The van der Waals surface area contributed by atoms with Crippen LogP contribution in [0.3, 0.4) is 0 Å². The molecule has 0 aliphatic carbocycles. The molecule has 0 atom stereocenters. The Labute approximate surface area is 171 Å². The number of aromatic nitrogens is 2. The van der Waals surface area contributed by atoms with Crippen molar-refractivity contribution in [2.75, 3.05) is 11.9 Å². The first kappa shape index (κ1) is 19.1. The molecule has 148 valence electrons. The van der Waals surface area contributed by atoms with Gasteiger partial charge in [0.05, 0.1) is 13.0 Å². The van der Waals surface area contributed by atoms with E-state index in [1.165, 1.54) is 23.5 Å². The molecule has 0 aliphatic heterocycles. The van der Waals surface area contributed by atoms with Gasteiger partial charge in [-0.3, -0.25) is 9.20 Å². The van der Waals surface area contributed by atoms with E-state index >= 15 is 0 Å². The van der Waals surface area contributed by atoms with Gasteiger partial charge in [-0.25, -0.2) is 9.37 Å². The summed E-state index contributed by atoms with van der Waals surface area (Å²) in [5.74, 6) is 0.839. The van der Waals surface area contributed by atoms with Gasteiger partial charge in [-0.15, -0.1) is 11.3 Å². The standard InChI is InChI=1S/C22H20FN3O2S/c1-14-11-15(2)13-18(12-14)28-9-7-19(27)24-21-20(16-3-5-17(23)6-4-16)25-22-26(21)8-10-29-22/h3-6,8,10-13H,7,9H2,1-2H3,(H,24,27). The zero-order valence-corrected chi connectivity index (χ0v) is 16.9. The number of imidazole rings is 1. The molecule has 0 aliphatic rings. The van der Waals surface area contributed by atoms with E-state index in [2.05, 4.69) is 16.4 Å². The summed E-state index contributed by atoms with van der Waals surface area (Å²) in [5.41, 5.74) is 3.59. The number of nitrogens with one attached hydrogen (secondary N) is 1. The first-order chi connectivity index (χ1) is 14.0. The quantitative estimate of drug-likeness (QED) is 0.475. The Bertz CT molecular complexity index is 1140. The third kappa shape index (κ3) is 4.30. The van der Waals surface area contributed by atoms with Crippen LogP contribution in [0, 0.1) is 19.7 Å². The monoisotopic (exact) mass is 409 g/mol. The number of ether oxygens (including phenoxy) is 1. The van der Waals surface area contributed by atoms with Gasteiger partial charge in [0.25, 0.3) is 0 Å². The van der Waals surface area contributed by atoms with Gasteiger partial charge in [-0.1, -0.05) is 6.07 Å². The van der Waals surface area contributed by atoms with E-state index in [0.717, 1.165) is 27.4 Å². The summed E-state index contributed by atoms with van der Waals surface area (Å²) in [6, 6.07) is 12.0. The highest BCUT2D eigenvalue weighted by Crippen LogP contribution is 2.31. The molecule has 2 heterocycles. The number of hydrogen-bond donors (Lipinski definition) is 1. The lowest BCUT2D eigenvalue weighted by molar-refractivity contribution is -0.116. The average molecular weight is 409 g/mol. The number of rotatable bonds is 6. The van der Waals surface area contributed by atoms with Gasteiger partial charge in [-0.2, -0.15) is 0 Å². The zero-order valence-electron chi connectivity index (χ0n) is 16.1. The van der Waals surface area contributed by atoms with Crippen LogP contribution in [0.2, 0.25) is 0 Å². The Morgan fingerprint density at radius 2 is 1.90 bits per heavy atom. The number of hydrogen-bond acceptors (Lipinski definition) is 4. The van der Waals surface area contributed by atoms with Crippen LogP contribution in [0.5, 0.6) is 5.75 Å². The number of benzene rings is 2. The van der Waals surface area contributed by atoms with Gasteiger partial charge >= 0.3 is 0 Å². The molecule has 4 rings (SSSR count). The molecule has 0 spiro atoms. The summed E-state index contributed by atoms with van der Waals surface area (Å²) in [7, 11) is 0. The van der Waals surface area contributed by atoms with E-state index in [0.29, 0.717) is 11.5 Å². The topological polar surface area (TPSA) is 55.6 Å². The predicted molar refractivity (Wildman–Crippen MR) is 113 cm³/mol. The van der Waals surface area contributed by atoms with E-state index < -0.39 is 0 Å². The molecule has 29 heavy (non-hydrogen) atoms.